The van der Waals surface area contributed by atoms with Crippen molar-refractivity contribution in [3.8, 4) is 0 Å². The van der Waals surface area contributed by atoms with Gasteiger partial charge in [0, 0.05) is 24.7 Å². The topological polar surface area (TPSA) is 57.4 Å². The molecule has 2 heterocycles. The molecule has 4 nitrogen and oxygen atoms in total. The second-order valence-corrected chi connectivity index (χ2v) is 5.17. The van der Waals surface area contributed by atoms with Crippen molar-refractivity contribution in [2.24, 2.45) is 0 Å². The van der Waals surface area contributed by atoms with E-state index in [4.69, 9.17) is 0 Å². The Bertz CT molecular complexity index is 655. The molecule has 0 saturated carbocycles. The molecule has 0 bridgehead atoms. The van der Waals surface area contributed by atoms with Crippen molar-refractivity contribution in [1.82, 2.24) is 19.9 Å². The molecule has 107 valence electrons. The van der Waals surface area contributed by atoms with Gasteiger partial charge in [-0.3, -0.25) is 0 Å². The Morgan fingerprint density at radius 3 is 2.62 bits per heavy atom. The first-order chi connectivity index (χ1) is 10.3. The highest BCUT2D eigenvalue weighted by Gasteiger charge is 2.16. The van der Waals surface area contributed by atoms with Crippen LogP contribution in [0.25, 0.3) is 0 Å². The summed E-state index contributed by atoms with van der Waals surface area (Å²) in [6.07, 6.45) is 8.20. The number of benzene rings is 1. The standard InChI is InChI=1S/C17H19N4/c1-2-17-19-10-15(21-17)9-14(16-11-18-12-20-16)8-13-6-4-3-5-7-13/h3-7,10-12,14H,1-2,8-9H2,(H,18,20)(H,19,21). The number of nitrogens with zero attached hydrogens (tertiary/aromatic N) is 2. The maximum absolute atomic E-state index is 4.56. The number of imidazole rings is 2. The van der Waals surface area contributed by atoms with Crippen molar-refractivity contribution in [2.45, 2.75) is 25.2 Å². The van der Waals surface area contributed by atoms with Crippen LogP contribution in [0.15, 0.2) is 49.1 Å². The summed E-state index contributed by atoms with van der Waals surface area (Å²) in [4.78, 5) is 15.2. The molecule has 2 N–H and O–H groups in total. The van der Waals surface area contributed by atoms with Crippen LogP contribution in [0.5, 0.6) is 0 Å². The normalized spacial score (nSPS) is 12.4. The third kappa shape index (κ3) is 3.40. The van der Waals surface area contributed by atoms with Crippen LogP contribution in [0.3, 0.4) is 0 Å². The SMILES string of the molecule is [CH2]Cc1nc(CC(Cc2ccccc2)c2c[nH]cn2)c[nH]1. The molecule has 21 heavy (non-hydrogen) atoms. The average molecular weight is 279 g/mol. The Kier molecular flexibility index (Phi) is 4.15. The molecule has 4 heteroatoms. The lowest BCUT2D eigenvalue weighted by Crippen LogP contribution is -2.07. The predicted octanol–water partition coefficient (Wildman–Crippen LogP) is 3.08. The molecule has 3 rings (SSSR count). The van der Waals surface area contributed by atoms with Gasteiger partial charge in [-0.25, -0.2) is 9.97 Å². The Labute approximate surface area is 124 Å². The monoisotopic (exact) mass is 279 g/mol. The van der Waals surface area contributed by atoms with Gasteiger partial charge in [0.2, 0.25) is 0 Å². The van der Waals surface area contributed by atoms with E-state index >= 15 is 0 Å². The highest BCUT2D eigenvalue weighted by molar-refractivity contribution is 5.20. The van der Waals surface area contributed by atoms with Crippen molar-refractivity contribution in [3.63, 3.8) is 0 Å². The second kappa shape index (κ2) is 6.39. The van der Waals surface area contributed by atoms with E-state index in [2.05, 4.69) is 51.1 Å². The number of hydrogen-bond donors (Lipinski definition) is 2. The molecule has 0 amide bonds. The molecule has 1 aromatic carbocycles. The van der Waals surface area contributed by atoms with E-state index in [1.165, 1.54) is 5.56 Å². The Balaban J connectivity index is 1.79. The van der Waals surface area contributed by atoms with Gasteiger partial charge in [-0.15, -0.1) is 0 Å². The number of rotatable bonds is 6. The van der Waals surface area contributed by atoms with Gasteiger partial charge in [0.1, 0.15) is 5.82 Å². The summed E-state index contributed by atoms with van der Waals surface area (Å²) in [6, 6.07) is 10.5. The lowest BCUT2D eigenvalue weighted by Gasteiger charge is -2.13. The molecule has 2 aromatic heterocycles. The van der Waals surface area contributed by atoms with E-state index < -0.39 is 0 Å². The lowest BCUT2D eigenvalue weighted by molar-refractivity contribution is 0.653. The zero-order valence-corrected chi connectivity index (χ0v) is 11.9. The number of hydrogen-bond acceptors (Lipinski definition) is 2. The maximum Gasteiger partial charge on any atom is 0.106 e. The minimum absolute atomic E-state index is 0.319. The summed E-state index contributed by atoms with van der Waals surface area (Å²) in [5, 5.41) is 0. The van der Waals surface area contributed by atoms with Crippen LogP contribution in [0, 0.1) is 6.92 Å². The molecule has 0 saturated heterocycles. The summed E-state index contributed by atoms with van der Waals surface area (Å²) < 4.78 is 0. The Morgan fingerprint density at radius 2 is 1.95 bits per heavy atom. The van der Waals surface area contributed by atoms with Gasteiger partial charge in [0.15, 0.2) is 0 Å². The zero-order valence-electron chi connectivity index (χ0n) is 11.9. The van der Waals surface area contributed by atoms with E-state index in [9.17, 15) is 0 Å². The van der Waals surface area contributed by atoms with E-state index in [1.807, 2.05) is 18.5 Å². The molecule has 1 radical (unpaired) electrons. The van der Waals surface area contributed by atoms with E-state index in [-0.39, 0.29) is 0 Å². The van der Waals surface area contributed by atoms with Gasteiger partial charge in [-0.2, -0.15) is 0 Å². The third-order valence-electron chi connectivity index (χ3n) is 3.64. The zero-order chi connectivity index (χ0) is 14.5. The van der Waals surface area contributed by atoms with Crippen LogP contribution in [0.2, 0.25) is 0 Å². The molecule has 0 aliphatic carbocycles. The molecule has 1 unspecified atom stereocenters. The summed E-state index contributed by atoms with van der Waals surface area (Å²) in [6.45, 7) is 3.85. The van der Waals surface area contributed by atoms with Gasteiger partial charge in [-0.05, 0) is 25.3 Å². The Morgan fingerprint density at radius 1 is 1.10 bits per heavy atom. The molecular weight excluding hydrogens is 260 g/mol. The second-order valence-electron chi connectivity index (χ2n) is 5.17. The quantitative estimate of drug-likeness (QED) is 0.728. The predicted molar refractivity (Wildman–Crippen MR) is 82.8 cm³/mol. The molecule has 0 aliphatic heterocycles. The van der Waals surface area contributed by atoms with Gasteiger partial charge in [0.25, 0.3) is 0 Å². The molecule has 0 fully saturated rings. The molecule has 1 atom stereocenters. The minimum atomic E-state index is 0.319. The number of aromatic amines is 2. The fraction of sp³-hybridized carbons (Fsp3) is 0.235. The number of nitrogens with one attached hydrogen (secondary N) is 2. The fourth-order valence-electron chi connectivity index (χ4n) is 2.56. The highest BCUT2D eigenvalue weighted by atomic mass is 14.9. The van der Waals surface area contributed by atoms with Gasteiger partial charge < -0.3 is 9.97 Å². The Hall–Kier alpha value is -2.36. The smallest absolute Gasteiger partial charge is 0.106 e. The van der Waals surface area contributed by atoms with E-state index in [0.717, 1.165) is 30.1 Å². The van der Waals surface area contributed by atoms with Crippen molar-refractivity contribution < 1.29 is 0 Å². The van der Waals surface area contributed by atoms with E-state index in [0.29, 0.717) is 12.3 Å². The third-order valence-corrected chi connectivity index (χ3v) is 3.64. The minimum Gasteiger partial charge on any atom is -0.351 e. The van der Waals surface area contributed by atoms with Crippen LogP contribution in [-0.4, -0.2) is 19.9 Å². The van der Waals surface area contributed by atoms with Crippen molar-refractivity contribution in [2.75, 3.05) is 0 Å². The maximum atomic E-state index is 4.56. The van der Waals surface area contributed by atoms with Crippen LogP contribution in [0.4, 0.5) is 0 Å². The fourth-order valence-corrected chi connectivity index (χ4v) is 2.56. The first kappa shape index (κ1) is 13.6. The van der Waals surface area contributed by atoms with Crippen LogP contribution >= 0.6 is 0 Å². The van der Waals surface area contributed by atoms with Crippen LogP contribution in [0.1, 0.15) is 28.7 Å². The summed E-state index contributed by atoms with van der Waals surface area (Å²) in [5.41, 5.74) is 3.47. The van der Waals surface area contributed by atoms with Gasteiger partial charge >= 0.3 is 0 Å². The first-order valence-electron chi connectivity index (χ1n) is 7.20. The first-order valence-corrected chi connectivity index (χ1v) is 7.20. The average Bonchev–Trinajstić information content (AvgIpc) is 3.19. The molecular formula is C17H19N4. The van der Waals surface area contributed by atoms with Crippen molar-refractivity contribution in [1.29, 1.82) is 0 Å². The van der Waals surface area contributed by atoms with Crippen LogP contribution < -0.4 is 0 Å². The molecule has 0 spiro atoms. The van der Waals surface area contributed by atoms with Gasteiger partial charge in [-0.1, -0.05) is 30.3 Å². The highest BCUT2D eigenvalue weighted by Crippen LogP contribution is 2.23. The summed E-state index contributed by atoms with van der Waals surface area (Å²) in [7, 11) is 0. The summed E-state index contributed by atoms with van der Waals surface area (Å²) >= 11 is 0. The largest absolute Gasteiger partial charge is 0.351 e. The van der Waals surface area contributed by atoms with Crippen molar-refractivity contribution >= 4 is 0 Å². The van der Waals surface area contributed by atoms with Gasteiger partial charge in [0.05, 0.1) is 17.7 Å². The molecule has 3 aromatic rings. The molecule has 0 aliphatic rings. The van der Waals surface area contributed by atoms with E-state index in [1.54, 1.807) is 6.33 Å². The number of aromatic nitrogens is 4. The summed E-state index contributed by atoms with van der Waals surface area (Å²) in [5.74, 6) is 1.25. The van der Waals surface area contributed by atoms with Crippen molar-refractivity contribution in [3.05, 3.63) is 78.8 Å². The van der Waals surface area contributed by atoms with Crippen LogP contribution in [-0.2, 0) is 19.3 Å². The number of H-pyrrole nitrogens is 2. The lowest BCUT2D eigenvalue weighted by atomic mass is 9.92.